The Morgan fingerprint density at radius 2 is 1.76 bits per heavy atom. The van der Waals surface area contributed by atoms with E-state index in [1.807, 2.05) is 66.2 Å². The molecule has 0 saturated heterocycles. The van der Waals surface area contributed by atoms with Gasteiger partial charge in [-0.05, 0) is 43.3 Å². The third-order valence-corrected chi connectivity index (χ3v) is 4.77. The van der Waals surface area contributed by atoms with E-state index in [1.165, 1.54) is 0 Å². The number of aromatic nitrogens is 3. The zero-order valence-electron chi connectivity index (χ0n) is 15.7. The van der Waals surface area contributed by atoms with Gasteiger partial charge in [0, 0.05) is 23.5 Å². The number of nitrogens with zero attached hydrogens (tertiary/aromatic N) is 4. The zero-order valence-corrected chi connectivity index (χ0v) is 15.7. The first-order chi connectivity index (χ1) is 14.2. The summed E-state index contributed by atoms with van der Waals surface area (Å²) in [7, 11) is 0. The highest BCUT2D eigenvalue weighted by molar-refractivity contribution is 5.67. The number of fused-ring (bicyclic) bond motifs is 1. The molecule has 0 spiro atoms. The maximum atomic E-state index is 9.05. The molecule has 0 aliphatic carbocycles. The number of hydrogen-bond acceptors (Lipinski definition) is 5. The number of rotatable bonds is 3. The van der Waals surface area contributed by atoms with Crippen molar-refractivity contribution in [1.82, 2.24) is 14.5 Å². The van der Waals surface area contributed by atoms with E-state index in [0.29, 0.717) is 11.3 Å². The fourth-order valence-corrected chi connectivity index (χ4v) is 3.32. The first-order valence-corrected chi connectivity index (χ1v) is 9.15. The van der Waals surface area contributed by atoms with Gasteiger partial charge in [0.1, 0.15) is 5.69 Å². The number of imidazole rings is 1. The van der Waals surface area contributed by atoms with Crippen LogP contribution in [-0.2, 0) is 0 Å². The summed E-state index contributed by atoms with van der Waals surface area (Å²) < 4.78 is 13.0. The van der Waals surface area contributed by atoms with Crippen LogP contribution in [0.2, 0.25) is 0 Å². The van der Waals surface area contributed by atoms with Crippen LogP contribution in [0.25, 0.3) is 28.5 Å². The molecule has 2 aromatic carbocycles. The highest BCUT2D eigenvalue weighted by Gasteiger charge is 2.18. The van der Waals surface area contributed by atoms with Crippen LogP contribution in [0.3, 0.4) is 0 Å². The maximum absolute atomic E-state index is 9.05. The Morgan fingerprint density at radius 1 is 0.931 bits per heavy atom. The zero-order chi connectivity index (χ0) is 19.8. The van der Waals surface area contributed by atoms with E-state index < -0.39 is 0 Å². The van der Waals surface area contributed by atoms with Crippen molar-refractivity contribution >= 4 is 0 Å². The van der Waals surface area contributed by atoms with E-state index in [4.69, 9.17) is 19.7 Å². The van der Waals surface area contributed by atoms with Crippen molar-refractivity contribution in [2.24, 2.45) is 0 Å². The predicted molar refractivity (Wildman–Crippen MR) is 108 cm³/mol. The average Bonchev–Trinajstić information content (AvgIpc) is 3.40. The summed E-state index contributed by atoms with van der Waals surface area (Å²) in [4.78, 5) is 9.52. The average molecular weight is 380 g/mol. The lowest BCUT2D eigenvalue weighted by molar-refractivity contribution is 0.174. The Morgan fingerprint density at radius 3 is 2.55 bits per heavy atom. The topological polar surface area (TPSA) is 73.0 Å². The van der Waals surface area contributed by atoms with Crippen molar-refractivity contribution in [3.8, 4) is 46.0 Å². The van der Waals surface area contributed by atoms with Gasteiger partial charge in [0.25, 0.3) is 0 Å². The molecule has 0 fully saturated rings. The molecule has 1 aliphatic heterocycles. The van der Waals surface area contributed by atoms with Gasteiger partial charge in [-0.25, -0.2) is 9.97 Å². The van der Waals surface area contributed by atoms with E-state index in [9.17, 15) is 0 Å². The van der Waals surface area contributed by atoms with Gasteiger partial charge in [0.2, 0.25) is 6.79 Å². The first kappa shape index (κ1) is 17.0. The molecule has 3 heterocycles. The summed E-state index contributed by atoms with van der Waals surface area (Å²) in [5.74, 6) is 2.17. The summed E-state index contributed by atoms with van der Waals surface area (Å²) >= 11 is 0. The molecule has 5 rings (SSSR count). The van der Waals surface area contributed by atoms with Crippen LogP contribution in [0.5, 0.6) is 11.5 Å². The molecular formula is C23H16N4O2. The Bertz CT molecular complexity index is 1250. The van der Waals surface area contributed by atoms with E-state index in [-0.39, 0.29) is 6.79 Å². The van der Waals surface area contributed by atoms with Gasteiger partial charge in [-0.1, -0.05) is 18.2 Å². The molecule has 140 valence electrons. The molecule has 6 heteroatoms. The fraction of sp³-hybridized carbons (Fsp3) is 0.0870. The third-order valence-electron chi connectivity index (χ3n) is 4.77. The van der Waals surface area contributed by atoms with Crippen molar-refractivity contribution in [3.63, 3.8) is 0 Å². The van der Waals surface area contributed by atoms with Crippen LogP contribution in [0.4, 0.5) is 0 Å². The summed E-state index contributed by atoms with van der Waals surface area (Å²) in [5.41, 5.74) is 4.94. The van der Waals surface area contributed by atoms with Crippen molar-refractivity contribution in [2.75, 3.05) is 6.79 Å². The molecule has 1 aliphatic rings. The fourth-order valence-electron chi connectivity index (χ4n) is 3.32. The predicted octanol–water partition coefficient (Wildman–Crippen LogP) is 4.51. The highest BCUT2D eigenvalue weighted by Crippen LogP contribution is 2.35. The summed E-state index contributed by atoms with van der Waals surface area (Å²) in [6, 6.07) is 21.2. The lowest BCUT2D eigenvalue weighted by Crippen LogP contribution is -1.98. The number of nitriles is 1. The minimum Gasteiger partial charge on any atom is -0.454 e. The Balaban J connectivity index is 1.67. The molecular weight excluding hydrogens is 364 g/mol. The smallest absolute Gasteiger partial charge is 0.231 e. The third kappa shape index (κ3) is 3.09. The molecule has 0 amide bonds. The molecule has 29 heavy (non-hydrogen) atoms. The lowest BCUT2D eigenvalue weighted by Gasteiger charge is -2.08. The number of ether oxygens (including phenoxy) is 2. The van der Waals surface area contributed by atoms with E-state index in [0.717, 1.165) is 39.9 Å². The molecule has 2 aromatic heterocycles. The van der Waals surface area contributed by atoms with Crippen LogP contribution in [-0.4, -0.2) is 21.3 Å². The second-order valence-corrected chi connectivity index (χ2v) is 6.71. The van der Waals surface area contributed by atoms with E-state index in [1.54, 1.807) is 12.1 Å². The van der Waals surface area contributed by atoms with Crippen molar-refractivity contribution in [3.05, 3.63) is 78.1 Å². The summed E-state index contributed by atoms with van der Waals surface area (Å²) in [5, 5.41) is 9.05. The SMILES string of the molecule is Cc1cccc(-c2nc(-c3ccc(C#N)cc3)cn2-c2ccc3c(c2)OCO3)n1. The van der Waals surface area contributed by atoms with Crippen molar-refractivity contribution in [1.29, 1.82) is 5.26 Å². The van der Waals surface area contributed by atoms with Gasteiger partial charge in [-0.3, -0.25) is 4.57 Å². The van der Waals surface area contributed by atoms with Gasteiger partial charge >= 0.3 is 0 Å². The van der Waals surface area contributed by atoms with E-state index >= 15 is 0 Å². The second kappa shape index (κ2) is 6.80. The van der Waals surface area contributed by atoms with Gasteiger partial charge in [0.05, 0.1) is 23.0 Å². The number of benzene rings is 2. The maximum Gasteiger partial charge on any atom is 0.231 e. The molecule has 0 saturated carbocycles. The quantitative estimate of drug-likeness (QED) is 0.523. The minimum atomic E-state index is 0.228. The highest BCUT2D eigenvalue weighted by atomic mass is 16.7. The molecule has 4 aromatic rings. The normalized spacial score (nSPS) is 12.0. The summed E-state index contributed by atoms with van der Waals surface area (Å²) in [6.07, 6.45) is 1.97. The Labute approximate surface area is 167 Å². The summed E-state index contributed by atoms with van der Waals surface area (Å²) in [6.45, 7) is 2.18. The van der Waals surface area contributed by atoms with Crippen LogP contribution < -0.4 is 9.47 Å². The molecule has 0 bridgehead atoms. The molecule has 0 radical (unpaired) electrons. The van der Waals surface area contributed by atoms with Crippen LogP contribution in [0.1, 0.15) is 11.3 Å². The number of aryl methyl sites for hydroxylation is 1. The van der Waals surface area contributed by atoms with Gasteiger partial charge in [-0.2, -0.15) is 5.26 Å². The van der Waals surface area contributed by atoms with Crippen LogP contribution >= 0.6 is 0 Å². The molecule has 0 N–H and O–H groups in total. The number of hydrogen-bond donors (Lipinski definition) is 0. The molecule has 0 atom stereocenters. The lowest BCUT2D eigenvalue weighted by atomic mass is 10.1. The monoisotopic (exact) mass is 380 g/mol. The van der Waals surface area contributed by atoms with Crippen LogP contribution in [0.15, 0.2) is 66.9 Å². The van der Waals surface area contributed by atoms with Crippen molar-refractivity contribution < 1.29 is 9.47 Å². The Hall–Kier alpha value is -4.11. The Kier molecular flexibility index (Phi) is 3.99. The van der Waals surface area contributed by atoms with Crippen molar-refractivity contribution in [2.45, 2.75) is 6.92 Å². The van der Waals surface area contributed by atoms with Crippen LogP contribution in [0, 0.1) is 18.3 Å². The number of pyridine rings is 1. The molecule has 6 nitrogen and oxygen atoms in total. The van der Waals surface area contributed by atoms with Gasteiger partial charge < -0.3 is 9.47 Å². The molecule has 0 unspecified atom stereocenters. The van der Waals surface area contributed by atoms with Gasteiger partial charge in [-0.15, -0.1) is 0 Å². The minimum absolute atomic E-state index is 0.228. The first-order valence-electron chi connectivity index (χ1n) is 9.15. The second-order valence-electron chi connectivity index (χ2n) is 6.71. The standard InChI is InChI=1S/C23H16N4O2/c1-15-3-2-4-19(25-15)23-26-20(17-7-5-16(12-24)6-8-17)13-27(23)18-9-10-21-22(11-18)29-14-28-21/h2-11,13H,14H2,1H3. The van der Waals surface area contributed by atoms with Gasteiger partial charge in [0.15, 0.2) is 17.3 Å². The van der Waals surface area contributed by atoms with E-state index in [2.05, 4.69) is 11.1 Å². The largest absolute Gasteiger partial charge is 0.454 e.